The van der Waals surface area contributed by atoms with E-state index >= 15 is 0 Å². The van der Waals surface area contributed by atoms with E-state index in [1.807, 2.05) is 0 Å². The van der Waals surface area contributed by atoms with Crippen LogP contribution in [0.2, 0.25) is 0 Å². The third-order valence-corrected chi connectivity index (χ3v) is 5.44. The summed E-state index contributed by atoms with van der Waals surface area (Å²) in [6.07, 6.45) is 4.39. The molecule has 1 aliphatic rings. The zero-order chi connectivity index (χ0) is 15.9. The Labute approximate surface area is 158 Å². The first kappa shape index (κ1) is 18.1. The van der Waals surface area contributed by atoms with Gasteiger partial charge in [-0.05, 0) is 72.5 Å². The first-order valence-corrected chi connectivity index (χ1v) is 8.77. The fourth-order valence-corrected chi connectivity index (χ4v) is 4.14. The van der Waals surface area contributed by atoms with Gasteiger partial charge in [-0.25, -0.2) is 0 Å². The van der Waals surface area contributed by atoms with Crippen LogP contribution in [0.5, 0.6) is 0 Å². The Balaban J connectivity index is 0.00000192. The zero-order valence-corrected chi connectivity index (χ0v) is 16.9. The van der Waals surface area contributed by atoms with Crippen LogP contribution in [0.3, 0.4) is 0 Å². The Morgan fingerprint density at radius 1 is 0.696 bits per heavy atom. The van der Waals surface area contributed by atoms with Crippen molar-refractivity contribution in [1.82, 2.24) is 0 Å². The summed E-state index contributed by atoms with van der Waals surface area (Å²) in [6.45, 7) is 8.73. The van der Waals surface area contributed by atoms with E-state index in [9.17, 15) is 0 Å². The van der Waals surface area contributed by atoms with Crippen LogP contribution >= 0.6 is 35.0 Å². The van der Waals surface area contributed by atoms with Crippen molar-refractivity contribution in [2.24, 2.45) is 0 Å². The van der Waals surface area contributed by atoms with Crippen molar-refractivity contribution in [2.45, 2.75) is 31.9 Å². The second-order valence-corrected chi connectivity index (χ2v) is 7.02. The van der Waals surface area contributed by atoms with Gasteiger partial charge < -0.3 is 9.80 Å². The average Bonchev–Trinajstić information content (AvgIpc) is 2.81. The fourth-order valence-electron chi connectivity index (χ4n) is 3.21. The predicted octanol–water partition coefficient (Wildman–Crippen LogP) is 5.86. The second kappa shape index (κ2) is 7.14. The first-order valence-electron chi connectivity index (χ1n) is 7.52. The molecule has 2 nitrogen and oxygen atoms in total. The number of aryl methyl sites for hydroxylation is 4. The maximum Gasteiger partial charge on any atom is 0.163 e. The van der Waals surface area contributed by atoms with Crippen molar-refractivity contribution in [3.63, 3.8) is 0 Å². The van der Waals surface area contributed by atoms with E-state index in [4.69, 9.17) is 0 Å². The van der Waals surface area contributed by atoms with Gasteiger partial charge >= 0.3 is 0 Å². The van der Waals surface area contributed by atoms with Crippen LogP contribution < -0.4 is 9.80 Å². The highest BCUT2D eigenvalue weighted by Gasteiger charge is 2.29. The van der Waals surface area contributed by atoms with Crippen molar-refractivity contribution < 1.29 is 0 Å². The summed E-state index contributed by atoms with van der Waals surface area (Å²) in [6, 6.07) is 13.0. The summed E-state index contributed by atoms with van der Waals surface area (Å²) in [7, 11) is 0. The topological polar surface area (TPSA) is 6.48 Å². The van der Waals surface area contributed by atoms with Gasteiger partial charge in [-0.1, -0.05) is 36.4 Å². The molecule has 23 heavy (non-hydrogen) atoms. The van der Waals surface area contributed by atoms with Crippen LogP contribution in [0.4, 0.5) is 11.4 Å². The molecule has 0 N–H and O–H groups in total. The molecule has 0 bridgehead atoms. The Kier molecular flexibility index (Phi) is 5.63. The molecule has 0 atom stereocenters. The summed E-state index contributed by atoms with van der Waals surface area (Å²) in [5.41, 5.74) is 7.88. The third kappa shape index (κ3) is 3.22. The van der Waals surface area contributed by atoms with Gasteiger partial charge in [0.05, 0.1) is 0 Å². The maximum atomic E-state index is 2.52. The molecule has 0 radical (unpaired) electrons. The number of anilines is 2. The number of halogens is 2. The lowest BCUT2D eigenvalue weighted by atomic mass is 10.1. The quantitative estimate of drug-likeness (QED) is 0.328. The van der Waals surface area contributed by atoms with Crippen molar-refractivity contribution in [1.29, 1.82) is 0 Å². The van der Waals surface area contributed by atoms with Crippen molar-refractivity contribution in [3.8, 4) is 0 Å². The Hall–Kier alpha value is -1.20. The van der Waals surface area contributed by atoms with E-state index in [-0.39, 0.29) is 16.6 Å². The second-order valence-electron chi connectivity index (χ2n) is 5.90. The van der Waals surface area contributed by atoms with Crippen molar-refractivity contribution >= 4 is 46.4 Å². The molecule has 2 aromatic carbocycles. The molecule has 0 aromatic heterocycles. The van der Waals surface area contributed by atoms with Gasteiger partial charge in [0.15, 0.2) is 4.17 Å². The maximum absolute atomic E-state index is 2.52. The van der Waals surface area contributed by atoms with E-state index < -0.39 is 0 Å². The van der Waals surface area contributed by atoms with Gasteiger partial charge in [0.1, 0.15) is 0 Å². The molecule has 122 valence electrons. The lowest BCUT2D eigenvalue weighted by Gasteiger charge is -2.31. The standard InChI is InChI=1S/C19H21IN2.ClH/c1-13-7-5-8-14(2)17(13)21-11-12-22(19(21)20)18-15(3)9-6-10-16(18)4;/h5-12,19H,1-4H3;1H. The molecule has 0 fully saturated rings. The van der Waals surface area contributed by atoms with Crippen LogP contribution in [0.15, 0.2) is 48.8 Å². The molecular formula is C19H22ClIN2. The number of hydrogen-bond acceptors (Lipinski definition) is 2. The van der Waals surface area contributed by atoms with Gasteiger partial charge in [0.2, 0.25) is 0 Å². The molecular weight excluding hydrogens is 419 g/mol. The predicted molar refractivity (Wildman–Crippen MR) is 111 cm³/mol. The van der Waals surface area contributed by atoms with Crippen molar-refractivity contribution in [3.05, 3.63) is 71.1 Å². The molecule has 3 rings (SSSR count). The first-order chi connectivity index (χ1) is 10.5. The van der Waals surface area contributed by atoms with E-state index in [0.29, 0.717) is 0 Å². The number of alkyl halides is 1. The largest absolute Gasteiger partial charge is 0.316 e. The number of rotatable bonds is 2. The minimum absolute atomic E-state index is 0. The Morgan fingerprint density at radius 3 is 1.30 bits per heavy atom. The molecule has 0 unspecified atom stereocenters. The Bertz CT molecular complexity index is 640. The molecule has 1 heterocycles. The summed E-state index contributed by atoms with van der Waals surface area (Å²) in [5.74, 6) is 0. The molecule has 0 saturated heterocycles. The average molecular weight is 441 g/mol. The summed E-state index contributed by atoms with van der Waals surface area (Å²) < 4.78 is 0.247. The highest BCUT2D eigenvalue weighted by Crippen LogP contribution is 2.38. The highest BCUT2D eigenvalue weighted by atomic mass is 127. The normalized spacial score (nSPS) is 14.3. The van der Waals surface area contributed by atoms with Crippen LogP contribution in [-0.4, -0.2) is 4.17 Å². The van der Waals surface area contributed by atoms with Crippen LogP contribution in [0.1, 0.15) is 22.3 Å². The van der Waals surface area contributed by atoms with E-state index in [0.717, 1.165) is 0 Å². The fraction of sp³-hybridized carbons (Fsp3) is 0.263. The van der Waals surface area contributed by atoms with E-state index in [1.165, 1.54) is 33.6 Å². The van der Waals surface area contributed by atoms with Gasteiger partial charge in [-0.15, -0.1) is 12.4 Å². The smallest absolute Gasteiger partial charge is 0.163 e. The molecule has 2 aromatic rings. The number of hydrogen-bond donors (Lipinski definition) is 0. The van der Waals surface area contributed by atoms with Crippen LogP contribution in [0, 0.1) is 27.7 Å². The SMILES string of the molecule is Cc1cccc(C)c1N1C=CN(c2c(C)cccc2C)C1I.Cl. The van der Waals surface area contributed by atoms with E-state index in [2.05, 4.69) is 109 Å². The molecule has 0 saturated carbocycles. The third-order valence-electron chi connectivity index (χ3n) is 4.24. The molecule has 0 spiro atoms. The van der Waals surface area contributed by atoms with Crippen molar-refractivity contribution in [2.75, 3.05) is 9.80 Å². The minimum Gasteiger partial charge on any atom is -0.316 e. The summed E-state index contributed by atoms with van der Waals surface area (Å²) in [5, 5.41) is 0. The Morgan fingerprint density at radius 2 is 1.00 bits per heavy atom. The minimum atomic E-state index is 0. The summed E-state index contributed by atoms with van der Waals surface area (Å²) in [4.78, 5) is 4.72. The molecule has 0 aliphatic carbocycles. The lowest BCUT2D eigenvalue weighted by molar-refractivity contribution is 0.926. The van der Waals surface area contributed by atoms with Gasteiger partial charge in [-0.2, -0.15) is 0 Å². The number of para-hydroxylation sites is 2. The zero-order valence-electron chi connectivity index (χ0n) is 13.9. The molecule has 4 heteroatoms. The molecule has 1 aliphatic heterocycles. The van der Waals surface area contributed by atoms with Gasteiger partial charge in [0.25, 0.3) is 0 Å². The molecule has 0 amide bonds. The summed E-state index contributed by atoms with van der Waals surface area (Å²) >= 11 is 2.52. The lowest BCUT2D eigenvalue weighted by Crippen LogP contribution is -2.34. The van der Waals surface area contributed by atoms with E-state index in [1.54, 1.807) is 0 Å². The van der Waals surface area contributed by atoms with Crippen LogP contribution in [0.25, 0.3) is 0 Å². The number of benzene rings is 2. The number of nitrogens with zero attached hydrogens (tertiary/aromatic N) is 2. The van der Waals surface area contributed by atoms with Gasteiger partial charge in [-0.3, -0.25) is 0 Å². The van der Waals surface area contributed by atoms with Gasteiger partial charge in [0, 0.05) is 23.8 Å². The van der Waals surface area contributed by atoms with Crippen LogP contribution in [-0.2, 0) is 0 Å². The monoisotopic (exact) mass is 440 g/mol. The highest BCUT2D eigenvalue weighted by molar-refractivity contribution is 14.1.